The van der Waals surface area contributed by atoms with Crippen molar-refractivity contribution in [3.63, 3.8) is 0 Å². The minimum Gasteiger partial charge on any atom is -0.493 e. The van der Waals surface area contributed by atoms with E-state index in [9.17, 15) is 4.79 Å². The molecule has 2 aromatic rings. The molecule has 0 fully saturated rings. The van der Waals surface area contributed by atoms with Gasteiger partial charge in [-0.15, -0.1) is 0 Å². The van der Waals surface area contributed by atoms with Gasteiger partial charge in [-0.05, 0) is 44.9 Å². The highest BCUT2D eigenvalue weighted by Gasteiger charge is 2.41. The van der Waals surface area contributed by atoms with Gasteiger partial charge in [0.2, 0.25) is 0 Å². The van der Waals surface area contributed by atoms with Crippen LogP contribution in [0.1, 0.15) is 50.4 Å². The van der Waals surface area contributed by atoms with Crippen molar-refractivity contribution in [1.82, 2.24) is 4.90 Å². The molecule has 2 heterocycles. The van der Waals surface area contributed by atoms with Gasteiger partial charge in [0.25, 0.3) is 5.91 Å². The molecule has 0 spiro atoms. The zero-order chi connectivity index (χ0) is 21.8. The third-order valence-electron chi connectivity index (χ3n) is 6.19. The Hall–Kier alpha value is -2.95. The number of benzene rings is 2. The minimum atomic E-state index is -0.303. The van der Waals surface area contributed by atoms with Crippen LogP contribution in [0.4, 0.5) is 5.69 Å². The number of carbonyl (C=O) groups excluding carboxylic acids is 1. The van der Waals surface area contributed by atoms with Crippen LogP contribution in [0, 0.1) is 0 Å². The van der Waals surface area contributed by atoms with Crippen LogP contribution in [0.25, 0.3) is 5.70 Å². The van der Waals surface area contributed by atoms with Crippen LogP contribution in [0.5, 0.6) is 11.5 Å². The molecule has 5 heteroatoms. The molecule has 1 unspecified atom stereocenters. The highest BCUT2D eigenvalue weighted by Crippen LogP contribution is 2.47. The summed E-state index contributed by atoms with van der Waals surface area (Å²) < 4.78 is 11.1. The van der Waals surface area contributed by atoms with Crippen LogP contribution in [-0.4, -0.2) is 37.6 Å². The summed E-state index contributed by atoms with van der Waals surface area (Å²) in [6.07, 6.45) is 0.557. The van der Waals surface area contributed by atoms with E-state index in [4.69, 9.17) is 9.47 Å². The molecule has 0 N–H and O–H groups in total. The summed E-state index contributed by atoms with van der Waals surface area (Å²) in [4.78, 5) is 18.1. The fraction of sp³-hybridized carbons (Fsp3) is 0.400. The lowest BCUT2D eigenvalue weighted by atomic mass is 9.90. The summed E-state index contributed by atoms with van der Waals surface area (Å²) in [5.74, 6) is 1.45. The smallest absolute Gasteiger partial charge is 0.253 e. The number of hydrogen-bond donors (Lipinski definition) is 0. The predicted octanol–water partition coefficient (Wildman–Crippen LogP) is 4.81. The van der Waals surface area contributed by atoms with E-state index in [0.717, 1.165) is 28.1 Å². The zero-order valence-electron chi connectivity index (χ0n) is 18.9. The number of methoxy groups -OCH3 is 2. The topological polar surface area (TPSA) is 42.0 Å². The lowest BCUT2D eigenvalue weighted by Crippen LogP contribution is -2.47. The lowest BCUT2D eigenvalue weighted by Gasteiger charge is -2.40. The molecule has 1 atom stereocenters. The van der Waals surface area contributed by atoms with E-state index in [1.165, 1.54) is 5.56 Å². The lowest BCUT2D eigenvalue weighted by molar-refractivity contribution is -0.134. The summed E-state index contributed by atoms with van der Waals surface area (Å²) >= 11 is 0. The van der Waals surface area contributed by atoms with E-state index < -0.39 is 0 Å². The van der Waals surface area contributed by atoms with E-state index in [1.54, 1.807) is 14.2 Å². The number of fused-ring (bicyclic) bond motifs is 3. The SMILES string of the molecule is COc1cc2c(cc1OC)N(C)C1=C(C2)C(=O)N(C(C)(C)C)C(C)c2ccccc21. The van der Waals surface area contributed by atoms with Gasteiger partial charge < -0.3 is 19.3 Å². The molecule has 0 saturated heterocycles. The van der Waals surface area contributed by atoms with Crippen molar-refractivity contribution in [1.29, 1.82) is 0 Å². The van der Waals surface area contributed by atoms with Crippen LogP contribution in [-0.2, 0) is 11.2 Å². The molecule has 0 bridgehead atoms. The second-order valence-corrected chi connectivity index (χ2v) is 9.01. The Labute approximate surface area is 178 Å². The third-order valence-corrected chi connectivity index (χ3v) is 6.19. The van der Waals surface area contributed by atoms with Crippen molar-refractivity contribution in [2.24, 2.45) is 0 Å². The number of nitrogens with zero attached hydrogens (tertiary/aromatic N) is 2. The first kappa shape index (κ1) is 20.3. The monoisotopic (exact) mass is 406 g/mol. The number of hydrogen-bond acceptors (Lipinski definition) is 4. The van der Waals surface area contributed by atoms with Crippen LogP contribution < -0.4 is 14.4 Å². The first-order valence-corrected chi connectivity index (χ1v) is 10.3. The Morgan fingerprint density at radius 3 is 2.30 bits per heavy atom. The number of amides is 1. The molecule has 0 aromatic heterocycles. The van der Waals surface area contributed by atoms with Crippen molar-refractivity contribution in [3.05, 3.63) is 58.7 Å². The van der Waals surface area contributed by atoms with Crippen molar-refractivity contribution < 1.29 is 14.3 Å². The molecule has 2 aromatic carbocycles. The second-order valence-electron chi connectivity index (χ2n) is 9.01. The molecule has 2 aliphatic heterocycles. The van der Waals surface area contributed by atoms with Gasteiger partial charge in [0, 0.05) is 41.9 Å². The van der Waals surface area contributed by atoms with E-state index in [-0.39, 0.29) is 17.5 Å². The standard InChI is InChI=1S/C25H30N2O3/c1-15-17-10-8-9-11-18(17)23-19(24(28)27(15)25(2,3)4)12-16-13-21(29-6)22(30-7)14-20(16)26(23)5/h8-11,13-15H,12H2,1-7H3. The highest BCUT2D eigenvalue weighted by molar-refractivity contribution is 6.07. The molecular weight excluding hydrogens is 376 g/mol. The zero-order valence-corrected chi connectivity index (χ0v) is 18.9. The van der Waals surface area contributed by atoms with Gasteiger partial charge in [0.15, 0.2) is 11.5 Å². The minimum absolute atomic E-state index is 0.0279. The van der Waals surface area contributed by atoms with Crippen molar-refractivity contribution >= 4 is 17.3 Å². The fourth-order valence-electron chi connectivity index (χ4n) is 4.90. The Morgan fingerprint density at radius 1 is 1.03 bits per heavy atom. The fourth-order valence-corrected chi connectivity index (χ4v) is 4.90. The van der Waals surface area contributed by atoms with Gasteiger partial charge in [-0.1, -0.05) is 24.3 Å². The van der Waals surface area contributed by atoms with Gasteiger partial charge in [-0.2, -0.15) is 0 Å². The maximum absolute atomic E-state index is 13.9. The largest absolute Gasteiger partial charge is 0.493 e. The maximum atomic E-state index is 13.9. The first-order valence-electron chi connectivity index (χ1n) is 10.3. The molecule has 0 aliphatic carbocycles. The van der Waals surface area contributed by atoms with Crippen LogP contribution in [0.3, 0.4) is 0 Å². The maximum Gasteiger partial charge on any atom is 0.253 e. The summed E-state index contributed by atoms with van der Waals surface area (Å²) in [6.45, 7) is 8.43. The van der Waals surface area contributed by atoms with E-state index in [2.05, 4.69) is 50.8 Å². The average Bonchev–Trinajstić information content (AvgIpc) is 2.80. The van der Waals surface area contributed by atoms with E-state index in [0.29, 0.717) is 17.9 Å². The quantitative estimate of drug-likeness (QED) is 0.718. The molecule has 30 heavy (non-hydrogen) atoms. The predicted molar refractivity (Wildman–Crippen MR) is 120 cm³/mol. The summed E-state index contributed by atoms with van der Waals surface area (Å²) in [7, 11) is 5.31. The highest BCUT2D eigenvalue weighted by atomic mass is 16.5. The molecular formula is C25H30N2O3. The molecule has 0 saturated carbocycles. The molecule has 1 amide bonds. The van der Waals surface area contributed by atoms with Crippen LogP contribution >= 0.6 is 0 Å². The normalized spacial score (nSPS) is 18.5. The molecule has 0 radical (unpaired) electrons. The van der Waals surface area contributed by atoms with Gasteiger partial charge in [0.05, 0.1) is 26.0 Å². The second kappa shape index (κ2) is 7.08. The molecule has 4 rings (SSSR count). The molecule has 2 aliphatic rings. The van der Waals surface area contributed by atoms with Crippen LogP contribution in [0.15, 0.2) is 42.0 Å². The van der Waals surface area contributed by atoms with Crippen molar-refractivity contribution in [2.75, 3.05) is 26.2 Å². The van der Waals surface area contributed by atoms with E-state index >= 15 is 0 Å². The van der Waals surface area contributed by atoms with Crippen molar-refractivity contribution in [2.45, 2.75) is 45.7 Å². The number of ether oxygens (including phenoxy) is 2. The Balaban J connectivity index is 1.98. The summed E-state index contributed by atoms with van der Waals surface area (Å²) in [5.41, 5.74) is 5.87. The Kier molecular flexibility index (Phi) is 4.80. The van der Waals surface area contributed by atoms with Crippen molar-refractivity contribution in [3.8, 4) is 11.5 Å². The average molecular weight is 407 g/mol. The van der Waals surface area contributed by atoms with Gasteiger partial charge in [0.1, 0.15) is 0 Å². The van der Waals surface area contributed by atoms with Gasteiger partial charge in [-0.25, -0.2) is 0 Å². The molecule has 158 valence electrons. The molecule has 5 nitrogen and oxygen atoms in total. The summed E-state index contributed by atoms with van der Waals surface area (Å²) in [6, 6.07) is 12.3. The number of rotatable bonds is 2. The third kappa shape index (κ3) is 2.95. The Morgan fingerprint density at radius 2 is 1.67 bits per heavy atom. The van der Waals surface area contributed by atoms with Gasteiger partial charge >= 0.3 is 0 Å². The Bertz CT molecular complexity index is 1050. The van der Waals surface area contributed by atoms with E-state index in [1.807, 2.05) is 30.1 Å². The summed E-state index contributed by atoms with van der Waals surface area (Å²) in [5, 5.41) is 0. The van der Waals surface area contributed by atoms with Crippen LogP contribution in [0.2, 0.25) is 0 Å². The number of carbonyl (C=O) groups is 1. The van der Waals surface area contributed by atoms with Gasteiger partial charge in [-0.3, -0.25) is 4.79 Å². The number of anilines is 1. The first-order chi connectivity index (χ1) is 14.2.